The molecule has 1 aromatic heterocycles. The average molecular weight is 505 g/mol. The lowest BCUT2D eigenvalue weighted by Gasteiger charge is -2.12. The smallest absolute Gasteiger partial charge is 0.190 e. The maximum atomic E-state index is 12.8. The van der Waals surface area contributed by atoms with Gasteiger partial charge in [-0.25, -0.2) is 4.39 Å². The van der Waals surface area contributed by atoms with Crippen molar-refractivity contribution in [3.05, 3.63) is 54.2 Å². The fourth-order valence-electron chi connectivity index (χ4n) is 2.32. The number of halogens is 2. The summed E-state index contributed by atoms with van der Waals surface area (Å²) in [6, 6.07) is 9.82. The number of unbranched alkanes of at least 4 members (excludes halogenated alkanes) is 1. The Hall–Kier alpha value is -1.81. The summed E-state index contributed by atoms with van der Waals surface area (Å²) in [5, 5.41) is 6.52. The van der Waals surface area contributed by atoms with Gasteiger partial charge in [-0.2, -0.15) is 0 Å². The number of aliphatic imine (C=N–C) groups is 1. The van der Waals surface area contributed by atoms with Crippen LogP contribution < -0.4 is 15.4 Å². The van der Waals surface area contributed by atoms with Gasteiger partial charge in [-0.3, -0.25) is 4.99 Å². The monoisotopic (exact) mass is 505 g/mol. The van der Waals surface area contributed by atoms with Crippen LogP contribution in [0.2, 0.25) is 0 Å². The van der Waals surface area contributed by atoms with Crippen molar-refractivity contribution >= 4 is 29.9 Å². The molecule has 0 saturated carbocycles. The average Bonchev–Trinajstić information content (AvgIpc) is 3.20. The summed E-state index contributed by atoms with van der Waals surface area (Å²) < 4.78 is 29.1. The molecule has 6 nitrogen and oxygen atoms in total. The van der Waals surface area contributed by atoms with Crippen LogP contribution in [0.5, 0.6) is 5.75 Å². The fraction of sp³-hybridized carbons (Fsp3) is 0.450. The molecule has 0 aliphatic heterocycles. The lowest BCUT2D eigenvalue weighted by molar-refractivity contribution is 0.105. The number of hydrogen-bond donors (Lipinski definition) is 2. The van der Waals surface area contributed by atoms with E-state index in [0.717, 1.165) is 44.1 Å². The highest BCUT2D eigenvalue weighted by atomic mass is 127. The van der Waals surface area contributed by atoms with Gasteiger partial charge < -0.3 is 24.5 Å². The number of benzene rings is 1. The van der Waals surface area contributed by atoms with Crippen LogP contribution in [0, 0.1) is 5.82 Å². The Morgan fingerprint density at radius 3 is 2.46 bits per heavy atom. The molecule has 0 unspecified atom stereocenters. The molecule has 0 radical (unpaired) electrons. The van der Waals surface area contributed by atoms with E-state index in [1.54, 1.807) is 25.4 Å². The Bertz CT molecular complexity index is 651. The van der Waals surface area contributed by atoms with Crippen LogP contribution in [0.15, 0.2) is 52.1 Å². The van der Waals surface area contributed by atoms with Crippen LogP contribution in [0.25, 0.3) is 0 Å². The molecule has 2 aromatic rings. The van der Waals surface area contributed by atoms with E-state index >= 15 is 0 Å². The third-order valence-electron chi connectivity index (χ3n) is 3.75. The molecule has 1 aromatic carbocycles. The number of nitrogens with zero attached hydrogens (tertiary/aromatic N) is 1. The van der Waals surface area contributed by atoms with Gasteiger partial charge in [-0.05, 0) is 55.7 Å². The van der Waals surface area contributed by atoms with Crippen molar-refractivity contribution in [2.45, 2.75) is 25.9 Å². The molecule has 0 saturated heterocycles. The third kappa shape index (κ3) is 10.5. The summed E-state index contributed by atoms with van der Waals surface area (Å²) in [7, 11) is 1.75. The van der Waals surface area contributed by atoms with E-state index < -0.39 is 0 Å². The number of hydrogen-bond acceptors (Lipinski definition) is 4. The first kappa shape index (κ1) is 24.2. The highest BCUT2D eigenvalue weighted by Gasteiger charge is 1.99. The second kappa shape index (κ2) is 15.2. The molecule has 0 bridgehead atoms. The second-order valence-corrected chi connectivity index (χ2v) is 5.92. The Balaban J connectivity index is 0.00000392. The molecule has 2 rings (SSSR count). The zero-order valence-corrected chi connectivity index (χ0v) is 18.5. The Morgan fingerprint density at radius 1 is 1.04 bits per heavy atom. The predicted octanol–water partition coefficient (Wildman–Crippen LogP) is 3.97. The van der Waals surface area contributed by atoms with Crippen LogP contribution in [0.1, 0.15) is 25.0 Å². The van der Waals surface area contributed by atoms with Gasteiger partial charge in [0.05, 0.1) is 12.9 Å². The number of furan rings is 1. The first-order chi connectivity index (χ1) is 13.3. The summed E-state index contributed by atoms with van der Waals surface area (Å²) in [5.74, 6) is 2.05. The number of ether oxygens (including phenoxy) is 2. The zero-order valence-electron chi connectivity index (χ0n) is 16.2. The molecule has 0 aliphatic carbocycles. The van der Waals surface area contributed by atoms with E-state index in [-0.39, 0.29) is 29.8 Å². The van der Waals surface area contributed by atoms with Crippen molar-refractivity contribution in [1.29, 1.82) is 0 Å². The number of guanidine groups is 1. The van der Waals surface area contributed by atoms with Crippen molar-refractivity contribution in [2.75, 3.05) is 33.4 Å². The van der Waals surface area contributed by atoms with Gasteiger partial charge in [0, 0.05) is 26.7 Å². The fourth-order valence-corrected chi connectivity index (χ4v) is 2.32. The summed E-state index contributed by atoms with van der Waals surface area (Å²) >= 11 is 0. The quantitative estimate of drug-likeness (QED) is 0.198. The van der Waals surface area contributed by atoms with E-state index in [1.807, 2.05) is 12.1 Å². The summed E-state index contributed by atoms with van der Waals surface area (Å²) in [5.41, 5.74) is 0. The minimum Gasteiger partial charge on any atom is -0.494 e. The topological polar surface area (TPSA) is 68.0 Å². The third-order valence-corrected chi connectivity index (χ3v) is 3.75. The molecule has 0 amide bonds. The molecule has 156 valence electrons. The molecule has 28 heavy (non-hydrogen) atoms. The van der Waals surface area contributed by atoms with E-state index in [1.165, 1.54) is 12.1 Å². The van der Waals surface area contributed by atoms with Gasteiger partial charge >= 0.3 is 0 Å². The maximum absolute atomic E-state index is 12.8. The van der Waals surface area contributed by atoms with E-state index in [2.05, 4.69) is 15.6 Å². The SMILES string of the molecule is CN=C(NCCCCOc1ccc(F)cc1)NCCCOCc1ccco1.I. The molecular weight excluding hydrogens is 476 g/mol. The lowest BCUT2D eigenvalue weighted by atomic mass is 10.3. The zero-order chi connectivity index (χ0) is 19.2. The van der Waals surface area contributed by atoms with Crippen LogP contribution in [0.3, 0.4) is 0 Å². The van der Waals surface area contributed by atoms with E-state index in [0.29, 0.717) is 25.6 Å². The molecule has 0 spiro atoms. The molecular formula is C20H29FIN3O3. The molecule has 1 heterocycles. The highest BCUT2D eigenvalue weighted by Crippen LogP contribution is 2.11. The van der Waals surface area contributed by atoms with Crippen molar-refractivity contribution in [1.82, 2.24) is 10.6 Å². The van der Waals surface area contributed by atoms with E-state index in [9.17, 15) is 4.39 Å². The van der Waals surface area contributed by atoms with Gasteiger partial charge in [-0.15, -0.1) is 24.0 Å². The Kier molecular flexibility index (Phi) is 13.1. The van der Waals surface area contributed by atoms with Gasteiger partial charge in [0.15, 0.2) is 5.96 Å². The van der Waals surface area contributed by atoms with Gasteiger partial charge in [0.2, 0.25) is 0 Å². The second-order valence-electron chi connectivity index (χ2n) is 5.92. The number of rotatable bonds is 12. The first-order valence-corrected chi connectivity index (χ1v) is 9.21. The highest BCUT2D eigenvalue weighted by molar-refractivity contribution is 14.0. The Morgan fingerprint density at radius 2 is 1.79 bits per heavy atom. The standard InChI is InChI=1S/C20H28FN3O3.HI/c1-22-20(24-12-5-13-25-16-19-6-4-15-27-19)23-11-2-3-14-26-18-9-7-17(21)8-10-18;/h4,6-10,15H,2-3,5,11-14,16H2,1H3,(H2,22,23,24);1H. The molecule has 0 fully saturated rings. The van der Waals surface area contributed by atoms with Crippen molar-refractivity contribution in [3.63, 3.8) is 0 Å². The number of nitrogens with one attached hydrogen (secondary N) is 2. The molecule has 0 aliphatic rings. The van der Waals surface area contributed by atoms with Gasteiger partial charge in [0.1, 0.15) is 23.9 Å². The van der Waals surface area contributed by atoms with Crippen LogP contribution >= 0.6 is 24.0 Å². The van der Waals surface area contributed by atoms with Crippen LogP contribution in [-0.4, -0.2) is 39.3 Å². The van der Waals surface area contributed by atoms with Crippen molar-refractivity contribution in [2.24, 2.45) is 4.99 Å². The van der Waals surface area contributed by atoms with E-state index in [4.69, 9.17) is 13.9 Å². The van der Waals surface area contributed by atoms with Crippen molar-refractivity contribution < 1.29 is 18.3 Å². The normalized spacial score (nSPS) is 11.0. The van der Waals surface area contributed by atoms with Crippen molar-refractivity contribution in [3.8, 4) is 5.75 Å². The molecule has 8 heteroatoms. The van der Waals surface area contributed by atoms with Gasteiger partial charge in [-0.1, -0.05) is 0 Å². The largest absolute Gasteiger partial charge is 0.494 e. The van der Waals surface area contributed by atoms with Gasteiger partial charge in [0.25, 0.3) is 0 Å². The summed E-state index contributed by atoms with van der Waals surface area (Å²) in [6.45, 7) is 3.35. The summed E-state index contributed by atoms with van der Waals surface area (Å²) in [6.07, 6.45) is 4.38. The van der Waals surface area contributed by atoms with Crippen LogP contribution in [-0.2, 0) is 11.3 Å². The minimum absolute atomic E-state index is 0. The first-order valence-electron chi connectivity index (χ1n) is 9.21. The predicted molar refractivity (Wildman–Crippen MR) is 119 cm³/mol. The lowest BCUT2D eigenvalue weighted by Crippen LogP contribution is -2.38. The summed E-state index contributed by atoms with van der Waals surface area (Å²) in [4.78, 5) is 4.19. The maximum Gasteiger partial charge on any atom is 0.190 e. The molecule has 0 atom stereocenters. The minimum atomic E-state index is -0.255. The molecule has 2 N–H and O–H groups in total. The Labute approximate surface area is 182 Å². The van der Waals surface area contributed by atoms with Crippen LogP contribution in [0.4, 0.5) is 4.39 Å².